The maximum Gasteiger partial charge on any atom is 0.232 e. The molecule has 5 nitrogen and oxygen atoms in total. The molecule has 0 saturated carbocycles. The van der Waals surface area contributed by atoms with Crippen molar-refractivity contribution >= 4 is 45.5 Å². The number of thioether (sulfide) groups is 1. The first kappa shape index (κ1) is 13.3. The average molecular weight is 307 g/mol. The Morgan fingerprint density at radius 3 is 2.75 bits per heavy atom. The fourth-order valence-electron chi connectivity index (χ4n) is 1.85. The Kier molecular flexibility index (Phi) is 3.84. The van der Waals surface area contributed by atoms with Gasteiger partial charge in [-0.05, 0) is 12.1 Å². The third-order valence-electron chi connectivity index (χ3n) is 2.75. The van der Waals surface area contributed by atoms with Crippen molar-refractivity contribution in [2.24, 2.45) is 4.99 Å². The molecule has 0 aliphatic carbocycles. The number of amides is 1. The minimum Gasteiger partial charge on any atom is -0.305 e. The van der Waals surface area contributed by atoms with Crippen LogP contribution in [-0.2, 0) is 11.2 Å². The first-order valence-electron chi connectivity index (χ1n) is 6.10. The van der Waals surface area contributed by atoms with Gasteiger partial charge in [-0.15, -0.1) is 0 Å². The van der Waals surface area contributed by atoms with Gasteiger partial charge in [0.05, 0.1) is 29.7 Å². The predicted molar refractivity (Wildman–Crippen MR) is 81.2 cm³/mol. The lowest BCUT2D eigenvalue weighted by Gasteiger charge is -2.06. The van der Waals surface area contributed by atoms with Crippen molar-refractivity contribution in [1.29, 1.82) is 0 Å². The molecule has 0 spiro atoms. The van der Waals surface area contributed by atoms with Crippen molar-refractivity contribution in [2.45, 2.75) is 6.42 Å². The highest BCUT2D eigenvalue weighted by atomic mass is 35.5. The maximum atomic E-state index is 11.9. The van der Waals surface area contributed by atoms with Crippen LogP contribution in [0.5, 0.6) is 0 Å². The van der Waals surface area contributed by atoms with E-state index in [-0.39, 0.29) is 17.5 Å². The molecule has 0 unspecified atom stereocenters. The highest BCUT2D eigenvalue weighted by Gasteiger charge is 2.14. The van der Waals surface area contributed by atoms with Gasteiger partial charge in [0.1, 0.15) is 0 Å². The number of benzene rings is 1. The number of rotatable bonds is 2. The Bertz CT molecular complexity index is 704. The molecule has 1 N–H and O–H groups in total. The van der Waals surface area contributed by atoms with Crippen molar-refractivity contribution in [3.63, 3.8) is 0 Å². The second-order valence-corrected chi connectivity index (χ2v) is 5.65. The number of para-hydroxylation sites is 2. The van der Waals surface area contributed by atoms with Crippen LogP contribution in [-0.4, -0.2) is 33.3 Å². The van der Waals surface area contributed by atoms with Gasteiger partial charge >= 0.3 is 0 Å². The summed E-state index contributed by atoms with van der Waals surface area (Å²) in [5.74, 6) is 0.733. The van der Waals surface area contributed by atoms with E-state index in [0.29, 0.717) is 10.9 Å². The Hall–Kier alpha value is -1.66. The van der Waals surface area contributed by atoms with Gasteiger partial charge in [-0.25, -0.2) is 9.97 Å². The normalized spacial score (nSPS) is 14.3. The topological polar surface area (TPSA) is 67.2 Å². The molecule has 1 aliphatic heterocycles. The number of aliphatic imine (C=N–C) groups is 1. The van der Waals surface area contributed by atoms with Gasteiger partial charge in [0, 0.05) is 5.75 Å². The number of halogens is 1. The molecule has 2 aromatic rings. The van der Waals surface area contributed by atoms with E-state index in [9.17, 15) is 4.79 Å². The molecule has 0 saturated heterocycles. The molecular formula is C13H11ClN4OS. The molecule has 102 valence electrons. The second-order valence-electron chi connectivity index (χ2n) is 4.21. The number of aromatic nitrogens is 2. The minimum absolute atomic E-state index is 0.0935. The lowest BCUT2D eigenvalue weighted by molar-refractivity contribution is -0.119. The lowest BCUT2D eigenvalue weighted by atomic mass is 10.2. The third kappa shape index (κ3) is 2.91. The number of fused-ring (bicyclic) bond motifs is 1. The van der Waals surface area contributed by atoms with E-state index in [2.05, 4.69) is 20.3 Å². The quantitative estimate of drug-likeness (QED) is 0.922. The fraction of sp³-hybridized carbons (Fsp3) is 0.231. The van der Waals surface area contributed by atoms with Crippen molar-refractivity contribution in [3.8, 4) is 0 Å². The lowest BCUT2D eigenvalue weighted by Crippen LogP contribution is -2.29. The fourth-order valence-corrected chi connectivity index (χ4v) is 2.80. The zero-order valence-corrected chi connectivity index (χ0v) is 12.0. The van der Waals surface area contributed by atoms with Crippen molar-refractivity contribution in [3.05, 3.63) is 35.1 Å². The van der Waals surface area contributed by atoms with Gasteiger partial charge in [-0.3, -0.25) is 9.79 Å². The molecule has 1 aliphatic rings. The molecule has 0 bridgehead atoms. The van der Waals surface area contributed by atoms with E-state index in [1.54, 1.807) is 0 Å². The van der Waals surface area contributed by atoms with Crippen LogP contribution in [0.25, 0.3) is 11.0 Å². The Balaban J connectivity index is 1.79. The molecule has 1 aromatic heterocycles. The SMILES string of the molecule is O=C(Cc1nc2ccccc2nc1Cl)NC1=NCCS1. The largest absolute Gasteiger partial charge is 0.305 e. The first-order chi connectivity index (χ1) is 9.72. The molecule has 0 radical (unpaired) electrons. The number of amidine groups is 1. The smallest absolute Gasteiger partial charge is 0.232 e. The predicted octanol–water partition coefficient (Wildman–Crippen LogP) is 2.04. The molecule has 1 amide bonds. The highest BCUT2D eigenvalue weighted by Crippen LogP contribution is 2.17. The van der Waals surface area contributed by atoms with E-state index < -0.39 is 0 Å². The molecule has 3 rings (SSSR count). The van der Waals surface area contributed by atoms with E-state index in [1.165, 1.54) is 11.8 Å². The van der Waals surface area contributed by atoms with Gasteiger partial charge in [0.25, 0.3) is 0 Å². The summed E-state index contributed by atoms with van der Waals surface area (Å²) < 4.78 is 0. The number of carbonyl (C=O) groups is 1. The average Bonchev–Trinajstić information content (AvgIpc) is 2.92. The summed E-state index contributed by atoms with van der Waals surface area (Å²) in [7, 11) is 0. The second kappa shape index (κ2) is 5.76. The van der Waals surface area contributed by atoms with E-state index in [0.717, 1.165) is 23.3 Å². The third-order valence-corrected chi connectivity index (χ3v) is 3.95. The van der Waals surface area contributed by atoms with Crippen LogP contribution in [0, 0.1) is 0 Å². The van der Waals surface area contributed by atoms with Crippen LogP contribution in [0.15, 0.2) is 29.3 Å². The Labute approximate surface area is 124 Å². The summed E-state index contributed by atoms with van der Waals surface area (Å²) in [5.41, 5.74) is 1.93. The number of hydrogen-bond acceptors (Lipinski definition) is 5. The van der Waals surface area contributed by atoms with Gasteiger partial charge in [0.2, 0.25) is 5.91 Å². The van der Waals surface area contributed by atoms with Crippen molar-refractivity contribution < 1.29 is 4.79 Å². The van der Waals surface area contributed by atoms with Crippen LogP contribution >= 0.6 is 23.4 Å². The summed E-state index contributed by atoms with van der Waals surface area (Å²) in [6, 6.07) is 7.42. The maximum absolute atomic E-state index is 11.9. The minimum atomic E-state index is -0.176. The van der Waals surface area contributed by atoms with Gasteiger partial charge < -0.3 is 5.32 Å². The number of carbonyl (C=O) groups excluding carboxylic acids is 1. The molecule has 2 heterocycles. The standard InChI is InChI=1S/C13H11ClN4OS/c14-12-10(7-11(19)18-13-15-5-6-20-13)16-8-3-1-2-4-9(8)17-12/h1-4H,5-7H2,(H,15,18,19). The van der Waals surface area contributed by atoms with Crippen LogP contribution < -0.4 is 5.32 Å². The monoisotopic (exact) mass is 306 g/mol. The summed E-state index contributed by atoms with van der Waals surface area (Å²) in [4.78, 5) is 24.7. The van der Waals surface area contributed by atoms with Crippen molar-refractivity contribution in [1.82, 2.24) is 15.3 Å². The first-order valence-corrected chi connectivity index (χ1v) is 7.47. The van der Waals surface area contributed by atoms with E-state index in [1.807, 2.05) is 24.3 Å². The van der Waals surface area contributed by atoms with Crippen LogP contribution in [0.3, 0.4) is 0 Å². The van der Waals surface area contributed by atoms with Gasteiger partial charge in [0.15, 0.2) is 10.3 Å². The van der Waals surface area contributed by atoms with Gasteiger partial charge in [-0.1, -0.05) is 35.5 Å². The van der Waals surface area contributed by atoms with Crippen LogP contribution in [0.2, 0.25) is 5.15 Å². The summed E-state index contributed by atoms with van der Waals surface area (Å²) in [5, 5.41) is 3.68. The van der Waals surface area contributed by atoms with E-state index in [4.69, 9.17) is 11.6 Å². The zero-order chi connectivity index (χ0) is 13.9. The van der Waals surface area contributed by atoms with E-state index >= 15 is 0 Å². The highest BCUT2D eigenvalue weighted by molar-refractivity contribution is 8.14. The number of nitrogens with zero attached hydrogens (tertiary/aromatic N) is 3. The van der Waals surface area contributed by atoms with Crippen LogP contribution in [0.1, 0.15) is 5.69 Å². The Morgan fingerprint density at radius 1 is 1.30 bits per heavy atom. The molecule has 7 heteroatoms. The van der Waals surface area contributed by atoms with Crippen molar-refractivity contribution in [2.75, 3.05) is 12.3 Å². The summed E-state index contributed by atoms with van der Waals surface area (Å²) in [6.45, 7) is 0.747. The molecule has 1 aromatic carbocycles. The summed E-state index contributed by atoms with van der Waals surface area (Å²) >= 11 is 7.61. The molecule has 0 atom stereocenters. The molecular weight excluding hydrogens is 296 g/mol. The van der Waals surface area contributed by atoms with Crippen LogP contribution in [0.4, 0.5) is 0 Å². The Morgan fingerprint density at radius 2 is 2.05 bits per heavy atom. The number of nitrogens with one attached hydrogen (secondary N) is 1. The van der Waals surface area contributed by atoms with Gasteiger partial charge in [-0.2, -0.15) is 0 Å². The summed E-state index contributed by atoms with van der Waals surface area (Å²) in [6.07, 6.45) is 0.0935. The molecule has 20 heavy (non-hydrogen) atoms. The zero-order valence-electron chi connectivity index (χ0n) is 10.5. The number of hydrogen-bond donors (Lipinski definition) is 1. The molecule has 0 fully saturated rings.